The summed E-state index contributed by atoms with van der Waals surface area (Å²) in [5.74, 6) is 0.833. The second-order valence-electron chi connectivity index (χ2n) is 8.89. The van der Waals surface area contributed by atoms with Gasteiger partial charge in [0.05, 0.1) is 35.6 Å². The fraction of sp³-hybridized carbons (Fsp3) is 0.292. The molecular formula is C24H22N8O2. The first-order chi connectivity index (χ1) is 16.5. The van der Waals surface area contributed by atoms with E-state index in [0.29, 0.717) is 18.7 Å². The third-order valence-electron chi connectivity index (χ3n) is 6.86. The molecule has 2 aliphatic rings. The predicted octanol–water partition coefficient (Wildman–Crippen LogP) is 3.00. The zero-order chi connectivity index (χ0) is 23.4. The molecule has 0 radical (unpaired) electrons. The lowest BCUT2D eigenvalue weighted by Gasteiger charge is -2.40. The van der Waals surface area contributed by atoms with Crippen LogP contribution in [0.3, 0.4) is 0 Å². The third-order valence-corrected chi connectivity index (χ3v) is 6.86. The summed E-state index contributed by atoms with van der Waals surface area (Å²) in [5.41, 5.74) is 4.87. The SMILES string of the molecule is Cn1cc(-c2cc(-c3ccc(N4CC5CCC(C4)N5C(=O)O)nc3)c3c(C#N)cnn3c2)cn1. The molecule has 2 bridgehead atoms. The van der Waals surface area contributed by atoms with Crippen LogP contribution in [0.15, 0.2) is 49.2 Å². The third kappa shape index (κ3) is 3.16. The predicted molar refractivity (Wildman–Crippen MR) is 124 cm³/mol. The highest BCUT2D eigenvalue weighted by Gasteiger charge is 2.43. The maximum Gasteiger partial charge on any atom is 0.407 e. The van der Waals surface area contributed by atoms with Crippen molar-refractivity contribution in [3.63, 3.8) is 0 Å². The van der Waals surface area contributed by atoms with Gasteiger partial charge in [0.15, 0.2) is 0 Å². The summed E-state index contributed by atoms with van der Waals surface area (Å²) in [6, 6.07) is 8.28. The molecule has 0 saturated carbocycles. The van der Waals surface area contributed by atoms with Crippen molar-refractivity contribution in [1.29, 1.82) is 5.26 Å². The molecule has 4 aromatic rings. The smallest absolute Gasteiger partial charge is 0.407 e. The van der Waals surface area contributed by atoms with Gasteiger partial charge in [-0.05, 0) is 31.0 Å². The number of piperazine rings is 1. The van der Waals surface area contributed by atoms with Crippen molar-refractivity contribution in [1.82, 2.24) is 29.3 Å². The molecule has 2 atom stereocenters. The van der Waals surface area contributed by atoms with Crippen LogP contribution >= 0.6 is 0 Å². The highest BCUT2D eigenvalue weighted by Crippen LogP contribution is 2.34. The number of nitrogens with zero attached hydrogens (tertiary/aromatic N) is 8. The van der Waals surface area contributed by atoms with Gasteiger partial charge < -0.3 is 10.0 Å². The first-order valence-electron chi connectivity index (χ1n) is 11.1. The Morgan fingerprint density at radius 3 is 2.47 bits per heavy atom. The van der Waals surface area contributed by atoms with Gasteiger partial charge in [0.2, 0.25) is 0 Å². The Labute approximate surface area is 195 Å². The molecule has 4 aromatic heterocycles. The van der Waals surface area contributed by atoms with Gasteiger partial charge in [0.1, 0.15) is 11.9 Å². The number of anilines is 1. The van der Waals surface area contributed by atoms with E-state index in [1.807, 2.05) is 43.8 Å². The molecule has 170 valence electrons. The van der Waals surface area contributed by atoms with Gasteiger partial charge in [-0.3, -0.25) is 9.58 Å². The molecule has 2 saturated heterocycles. The van der Waals surface area contributed by atoms with E-state index < -0.39 is 6.09 Å². The van der Waals surface area contributed by atoms with Gasteiger partial charge in [-0.2, -0.15) is 15.5 Å². The van der Waals surface area contributed by atoms with Crippen LogP contribution in [0.4, 0.5) is 10.6 Å². The van der Waals surface area contributed by atoms with Crippen molar-refractivity contribution >= 4 is 17.4 Å². The molecular weight excluding hydrogens is 432 g/mol. The Balaban J connectivity index is 1.37. The van der Waals surface area contributed by atoms with E-state index in [1.54, 1.807) is 26.5 Å². The quantitative estimate of drug-likeness (QED) is 0.506. The molecule has 10 nitrogen and oxygen atoms in total. The van der Waals surface area contributed by atoms with Crippen molar-refractivity contribution in [3.05, 3.63) is 54.7 Å². The molecule has 6 heterocycles. The maximum atomic E-state index is 11.6. The van der Waals surface area contributed by atoms with Gasteiger partial charge in [-0.1, -0.05) is 0 Å². The molecule has 2 aliphatic heterocycles. The lowest BCUT2D eigenvalue weighted by atomic mass is 10.0. The Morgan fingerprint density at radius 1 is 1.06 bits per heavy atom. The number of rotatable bonds is 3. The second kappa shape index (κ2) is 7.59. The summed E-state index contributed by atoms with van der Waals surface area (Å²) >= 11 is 0. The average Bonchev–Trinajstić information content (AvgIpc) is 3.54. The molecule has 10 heteroatoms. The van der Waals surface area contributed by atoms with Crippen LogP contribution in [-0.2, 0) is 7.05 Å². The fourth-order valence-electron chi connectivity index (χ4n) is 5.29. The highest BCUT2D eigenvalue weighted by molar-refractivity contribution is 5.87. The van der Waals surface area contributed by atoms with Crippen LogP contribution in [-0.4, -0.2) is 65.7 Å². The van der Waals surface area contributed by atoms with Crippen molar-refractivity contribution in [2.45, 2.75) is 24.9 Å². The van der Waals surface area contributed by atoms with Crippen LogP contribution in [0.2, 0.25) is 0 Å². The van der Waals surface area contributed by atoms with Crippen LogP contribution in [0.5, 0.6) is 0 Å². The summed E-state index contributed by atoms with van der Waals surface area (Å²) in [7, 11) is 1.87. The number of carbonyl (C=O) groups is 1. The number of nitriles is 1. The van der Waals surface area contributed by atoms with Crippen molar-refractivity contribution in [3.8, 4) is 28.3 Å². The minimum Gasteiger partial charge on any atom is -0.465 e. The molecule has 2 unspecified atom stereocenters. The normalized spacial score (nSPS) is 19.5. The number of carboxylic acid groups (broad SMARTS) is 1. The molecule has 34 heavy (non-hydrogen) atoms. The van der Waals surface area contributed by atoms with Gasteiger partial charge in [0.25, 0.3) is 0 Å². The van der Waals surface area contributed by atoms with Crippen LogP contribution in [0, 0.1) is 11.3 Å². The molecule has 0 aromatic carbocycles. The summed E-state index contributed by atoms with van der Waals surface area (Å²) in [4.78, 5) is 20.1. The minimum atomic E-state index is -0.831. The van der Waals surface area contributed by atoms with Gasteiger partial charge in [-0.15, -0.1) is 0 Å². The summed E-state index contributed by atoms with van der Waals surface area (Å²) < 4.78 is 3.48. The standard InChI is InChI=1S/C24H22N8O2/c1-29-11-18(10-27-29)16-6-21(23-17(7-25)9-28-31(23)12-16)15-2-5-22(26-8-15)30-13-19-3-4-20(14-30)32(19)24(33)34/h2,5-6,8-12,19-20H,3-4,13-14H2,1H3,(H,33,34). The monoisotopic (exact) mass is 454 g/mol. The number of aromatic nitrogens is 5. The molecule has 2 fully saturated rings. The molecule has 6 rings (SSSR count). The zero-order valence-electron chi connectivity index (χ0n) is 18.5. The first-order valence-corrected chi connectivity index (χ1v) is 11.1. The summed E-state index contributed by atoms with van der Waals surface area (Å²) in [6.07, 6.45) is 9.98. The number of amides is 1. The molecule has 1 amide bonds. The zero-order valence-corrected chi connectivity index (χ0v) is 18.5. The Morgan fingerprint density at radius 2 is 1.85 bits per heavy atom. The van der Waals surface area contributed by atoms with Gasteiger partial charge >= 0.3 is 6.09 Å². The number of aryl methyl sites for hydroxylation is 1. The van der Waals surface area contributed by atoms with E-state index in [2.05, 4.69) is 21.2 Å². The number of pyridine rings is 2. The van der Waals surface area contributed by atoms with Gasteiger partial charge in [-0.25, -0.2) is 14.3 Å². The second-order valence-corrected chi connectivity index (χ2v) is 8.89. The maximum absolute atomic E-state index is 11.6. The number of fused-ring (bicyclic) bond motifs is 3. The Hall–Kier alpha value is -4.39. The average molecular weight is 454 g/mol. The lowest BCUT2D eigenvalue weighted by molar-refractivity contribution is 0.114. The first kappa shape index (κ1) is 20.2. The van der Waals surface area contributed by atoms with E-state index in [4.69, 9.17) is 4.98 Å². The fourth-order valence-corrected chi connectivity index (χ4v) is 5.29. The minimum absolute atomic E-state index is 0.0125. The molecule has 0 spiro atoms. The van der Waals surface area contributed by atoms with Crippen LogP contribution in [0.1, 0.15) is 18.4 Å². The van der Waals surface area contributed by atoms with E-state index in [-0.39, 0.29) is 12.1 Å². The lowest BCUT2D eigenvalue weighted by Crippen LogP contribution is -2.55. The van der Waals surface area contributed by atoms with E-state index in [9.17, 15) is 15.2 Å². The van der Waals surface area contributed by atoms with Gasteiger partial charge in [0, 0.05) is 61.0 Å². The summed E-state index contributed by atoms with van der Waals surface area (Å²) in [6.45, 7) is 1.30. The topological polar surface area (TPSA) is 116 Å². The molecule has 0 aliphatic carbocycles. The largest absolute Gasteiger partial charge is 0.465 e. The molecule has 1 N–H and O–H groups in total. The van der Waals surface area contributed by atoms with Crippen molar-refractivity contribution in [2.24, 2.45) is 7.05 Å². The number of hydrogen-bond acceptors (Lipinski definition) is 6. The van der Waals surface area contributed by atoms with Crippen LogP contribution < -0.4 is 4.90 Å². The van der Waals surface area contributed by atoms with Crippen LogP contribution in [0.25, 0.3) is 27.8 Å². The Bertz CT molecular complexity index is 1430. The van der Waals surface area contributed by atoms with Crippen molar-refractivity contribution in [2.75, 3.05) is 18.0 Å². The van der Waals surface area contributed by atoms with Crippen molar-refractivity contribution < 1.29 is 9.90 Å². The summed E-state index contributed by atoms with van der Waals surface area (Å²) in [5, 5.41) is 27.8. The van der Waals surface area contributed by atoms with E-state index in [0.717, 1.165) is 46.4 Å². The number of hydrogen-bond donors (Lipinski definition) is 1. The van der Waals surface area contributed by atoms with E-state index in [1.165, 1.54) is 0 Å². The Kier molecular flexibility index (Phi) is 4.52. The highest BCUT2D eigenvalue weighted by atomic mass is 16.4. The van der Waals surface area contributed by atoms with E-state index >= 15 is 0 Å².